The van der Waals surface area contributed by atoms with Crippen molar-refractivity contribution in [3.8, 4) is 0 Å². The molecule has 0 bridgehead atoms. The predicted octanol–water partition coefficient (Wildman–Crippen LogP) is 2.92. The second-order valence-corrected chi connectivity index (χ2v) is 7.63. The molecule has 0 radical (unpaired) electrons. The van der Waals surface area contributed by atoms with Crippen LogP contribution in [0.3, 0.4) is 0 Å². The summed E-state index contributed by atoms with van der Waals surface area (Å²) in [5.41, 5.74) is 0.219. The molecule has 1 aliphatic heterocycles. The zero-order valence-electron chi connectivity index (χ0n) is 17.6. The Balaban J connectivity index is 1.82. The molecule has 1 aromatic heterocycles. The second kappa shape index (κ2) is 8.54. The molecule has 1 saturated heterocycles. The van der Waals surface area contributed by atoms with E-state index >= 15 is 0 Å². The van der Waals surface area contributed by atoms with E-state index in [1.807, 2.05) is 4.90 Å². The maximum absolute atomic E-state index is 14.4. The fourth-order valence-electron chi connectivity index (χ4n) is 3.86. The first-order valence-corrected chi connectivity index (χ1v) is 10.1. The molecule has 2 N–H and O–H groups in total. The molecule has 0 unspecified atom stereocenters. The molecule has 0 saturated carbocycles. The number of benzene rings is 2. The molecule has 3 aromatic rings. The van der Waals surface area contributed by atoms with Crippen molar-refractivity contribution in [2.45, 2.75) is 13.0 Å². The van der Waals surface area contributed by atoms with Crippen molar-refractivity contribution in [3.63, 3.8) is 0 Å². The van der Waals surface area contributed by atoms with Crippen LogP contribution in [0.25, 0.3) is 10.9 Å². The van der Waals surface area contributed by atoms with Crippen LogP contribution in [0.4, 0.5) is 20.4 Å². The van der Waals surface area contributed by atoms with Gasteiger partial charge in [-0.25, -0.2) is 18.6 Å². The third kappa shape index (κ3) is 4.01. The molecule has 0 amide bonds. The van der Waals surface area contributed by atoms with Crippen LogP contribution in [0, 0.1) is 11.6 Å². The van der Waals surface area contributed by atoms with Gasteiger partial charge in [-0.05, 0) is 37.3 Å². The minimum Gasteiger partial charge on any atom is -0.478 e. The number of anilines is 2. The van der Waals surface area contributed by atoms with Crippen molar-refractivity contribution in [1.29, 1.82) is 0 Å². The zero-order valence-corrected chi connectivity index (χ0v) is 17.6. The number of rotatable bonds is 5. The normalized spacial score (nSPS) is 15.1. The molecule has 1 aliphatic rings. The second-order valence-electron chi connectivity index (χ2n) is 7.63. The van der Waals surface area contributed by atoms with Crippen LogP contribution >= 0.6 is 0 Å². The number of ether oxygens (including phenoxy) is 1. The van der Waals surface area contributed by atoms with E-state index in [0.29, 0.717) is 43.3 Å². The Morgan fingerprint density at radius 2 is 1.91 bits per heavy atom. The van der Waals surface area contributed by atoms with E-state index in [2.05, 4.69) is 10.3 Å². The predicted molar refractivity (Wildman–Crippen MR) is 115 cm³/mol. The molecular weight excluding hydrogens is 422 g/mol. The summed E-state index contributed by atoms with van der Waals surface area (Å²) in [6, 6.07) is 5.13. The van der Waals surface area contributed by atoms with Gasteiger partial charge in [-0.3, -0.25) is 9.36 Å². The standard InChI is InChI=1S/C22H22F2N4O4/c1-12(25-18-4-3-13(23)9-16(18)21(30)31)15-10-14(24)11-17-19(15)26-22(27(2)20(17)29)28-5-7-32-8-6-28/h3-4,9-12,25H,5-8H2,1-2H3,(H,30,31)/t12-/m1/s1. The van der Waals surface area contributed by atoms with Crippen molar-refractivity contribution < 1.29 is 23.4 Å². The highest BCUT2D eigenvalue weighted by Crippen LogP contribution is 2.29. The Morgan fingerprint density at radius 3 is 2.59 bits per heavy atom. The molecule has 2 heterocycles. The van der Waals surface area contributed by atoms with Crippen LogP contribution in [0.5, 0.6) is 0 Å². The molecule has 2 aromatic carbocycles. The van der Waals surface area contributed by atoms with Crippen molar-refractivity contribution in [1.82, 2.24) is 9.55 Å². The van der Waals surface area contributed by atoms with Gasteiger partial charge in [-0.2, -0.15) is 0 Å². The summed E-state index contributed by atoms with van der Waals surface area (Å²) in [6.07, 6.45) is 0. The summed E-state index contributed by atoms with van der Waals surface area (Å²) in [7, 11) is 1.59. The van der Waals surface area contributed by atoms with E-state index in [-0.39, 0.29) is 16.6 Å². The number of aromatic carboxylic acids is 1. The smallest absolute Gasteiger partial charge is 0.337 e. The number of carboxylic acids is 1. The van der Waals surface area contributed by atoms with E-state index in [0.717, 1.165) is 18.2 Å². The van der Waals surface area contributed by atoms with Crippen LogP contribution in [-0.2, 0) is 11.8 Å². The van der Waals surface area contributed by atoms with Gasteiger partial charge in [-0.15, -0.1) is 0 Å². The number of carboxylic acid groups (broad SMARTS) is 1. The third-order valence-electron chi connectivity index (χ3n) is 5.50. The number of nitrogens with zero attached hydrogens (tertiary/aromatic N) is 3. The molecule has 10 heteroatoms. The Kier molecular flexibility index (Phi) is 5.79. The van der Waals surface area contributed by atoms with Gasteiger partial charge in [-0.1, -0.05) is 0 Å². The minimum absolute atomic E-state index is 0.116. The summed E-state index contributed by atoms with van der Waals surface area (Å²) >= 11 is 0. The zero-order chi connectivity index (χ0) is 23.0. The highest BCUT2D eigenvalue weighted by atomic mass is 19.1. The topological polar surface area (TPSA) is 96.7 Å². The summed E-state index contributed by atoms with van der Waals surface area (Å²) in [5.74, 6) is -2.15. The summed E-state index contributed by atoms with van der Waals surface area (Å²) in [4.78, 5) is 31.2. The molecular formula is C22H22F2N4O4. The molecule has 168 valence electrons. The number of morpholine rings is 1. The van der Waals surface area contributed by atoms with Crippen LogP contribution in [0.2, 0.25) is 0 Å². The van der Waals surface area contributed by atoms with Crippen molar-refractivity contribution >= 4 is 28.5 Å². The lowest BCUT2D eigenvalue weighted by Gasteiger charge is -2.29. The average molecular weight is 444 g/mol. The van der Waals surface area contributed by atoms with Crippen LogP contribution in [0.1, 0.15) is 28.9 Å². The molecule has 0 aliphatic carbocycles. The van der Waals surface area contributed by atoms with Gasteiger partial charge in [0.25, 0.3) is 5.56 Å². The third-order valence-corrected chi connectivity index (χ3v) is 5.50. The quantitative estimate of drug-likeness (QED) is 0.625. The Labute approximate surface area is 182 Å². The van der Waals surface area contributed by atoms with Crippen LogP contribution in [0.15, 0.2) is 35.1 Å². The first-order valence-electron chi connectivity index (χ1n) is 10.1. The van der Waals surface area contributed by atoms with Gasteiger partial charge in [0.05, 0.1) is 35.7 Å². The van der Waals surface area contributed by atoms with Gasteiger partial charge in [0.2, 0.25) is 5.95 Å². The number of halogens is 2. The van der Waals surface area contributed by atoms with E-state index in [4.69, 9.17) is 4.74 Å². The molecule has 0 spiro atoms. The van der Waals surface area contributed by atoms with Gasteiger partial charge >= 0.3 is 5.97 Å². The Bertz CT molecular complexity index is 1250. The largest absolute Gasteiger partial charge is 0.478 e. The number of fused-ring (bicyclic) bond motifs is 1. The summed E-state index contributed by atoms with van der Waals surface area (Å²) in [6.45, 7) is 3.83. The monoisotopic (exact) mass is 444 g/mol. The van der Waals surface area contributed by atoms with Gasteiger partial charge < -0.3 is 20.1 Å². The molecule has 32 heavy (non-hydrogen) atoms. The first kappa shape index (κ1) is 21.7. The number of carbonyl (C=O) groups is 1. The lowest BCUT2D eigenvalue weighted by Crippen LogP contribution is -2.40. The summed E-state index contributed by atoms with van der Waals surface area (Å²) < 4.78 is 34.7. The molecule has 1 fully saturated rings. The number of aromatic nitrogens is 2. The minimum atomic E-state index is -1.30. The first-order chi connectivity index (χ1) is 15.3. The molecule has 1 atom stereocenters. The maximum atomic E-state index is 14.4. The van der Waals surface area contributed by atoms with Crippen LogP contribution in [-0.4, -0.2) is 46.9 Å². The van der Waals surface area contributed by atoms with Crippen LogP contribution < -0.4 is 15.8 Å². The number of hydrogen-bond acceptors (Lipinski definition) is 6. The molecule has 4 rings (SSSR count). The highest BCUT2D eigenvalue weighted by Gasteiger charge is 2.22. The van der Waals surface area contributed by atoms with Gasteiger partial charge in [0, 0.05) is 31.4 Å². The Hall–Kier alpha value is -3.53. The van der Waals surface area contributed by atoms with E-state index in [1.165, 1.54) is 16.7 Å². The SMILES string of the molecule is C[C@@H](Nc1ccc(F)cc1C(=O)O)c1cc(F)cc2c(=O)n(C)c(N3CCOCC3)nc12. The summed E-state index contributed by atoms with van der Waals surface area (Å²) in [5, 5.41) is 12.5. The lowest BCUT2D eigenvalue weighted by atomic mass is 10.0. The molecule has 8 nitrogen and oxygen atoms in total. The Morgan fingerprint density at radius 1 is 1.19 bits per heavy atom. The van der Waals surface area contributed by atoms with E-state index in [1.54, 1.807) is 14.0 Å². The fourth-order valence-corrected chi connectivity index (χ4v) is 3.86. The van der Waals surface area contributed by atoms with Crippen molar-refractivity contribution in [2.24, 2.45) is 7.05 Å². The fraction of sp³-hybridized carbons (Fsp3) is 0.318. The number of nitrogens with one attached hydrogen (secondary N) is 1. The van der Waals surface area contributed by atoms with E-state index in [9.17, 15) is 23.5 Å². The lowest BCUT2D eigenvalue weighted by molar-refractivity contribution is 0.0697. The van der Waals surface area contributed by atoms with Gasteiger partial charge in [0.1, 0.15) is 11.6 Å². The van der Waals surface area contributed by atoms with Crippen molar-refractivity contribution in [2.75, 3.05) is 36.5 Å². The maximum Gasteiger partial charge on any atom is 0.337 e. The highest BCUT2D eigenvalue weighted by molar-refractivity contribution is 5.94. The van der Waals surface area contributed by atoms with Gasteiger partial charge in [0.15, 0.2) is 0 Å². The van der Waals surface area contributed by atoms with Crippen molar-refractivity contribution in [3.05, 3.63) is 63.4 Å². The number of hydrogen-bond donors (Lipinski definition) is 2. The average Bonchev–Trinajstić information content (AvgIpc) is 2.77. The van der Waals surface area contributed by atoms with E-state index < -0.39 is 29.2 Å².